The monoisotopic (exact) mass is 314 g/mol. The molecule has 1 rings (SSSR count). The van der Waals surface area contributed by atoms with E-state index in [4.69, 9.17) is 5.11 Å². The Morgan fingerprint density at radius 3 is 2.05 bits per heavy atom. The predicted molar refractivity (Wildman–Crippen MR) is 78.0 cm³/mol. The summed E-state index contributed by atoms with van der Waals surface area (Å²) in [6.45, 7) is 3.36. The molecule has 0 radical (unpaired) electrons. The van der Waals surface area contributed by atoms with Crippen LogP contribution in [0.3, 0.4) is 0 Å². The number of benzene rings is 1. The fourth-order valence-corrected chi connectivity index (χ4v) is 2.24. The molecule has 0 bridgehead atoms. The van der Waals surface area contributed by atoms with Crippen LogP contribution in [0, 0.1) is 5.92 Å². The fraction of sp³-hybridized carbons (Fsp3) is 0.385. The second-order valence-corrected chi connectivity index (χ2v) is 6.97. The zero-order valence-corrected chi connectivity index (χ0v) is 12.8. The third kappa shape index (κ3) is 5.07. The molecular weight excluding hydrogens is 296 g/mol. The van der Waals surface area contributed by atoms with E-state index in [0.29, 0.717) is 5.69 Å². The summed E-state index contributed by atoms with van der Waals surface area (Å²) in [7, 11) is -3.30. The number of sulfone groups is 1. The first-order valence-corrected chi connectivity index (χ1v) is 8.11. The van der Waals surface area contributed by atoms with Crippen LogP contribution in [0.5, 0.6) is 0 Å². The van der Waals surface area contributed by atoms with Crippen LogP contribution in [0.4, 0.5) is 10.5 Å². The first-order valence-electron chi connectivity index (χ1n) is 6.21. The van der Waals surface area contributed by atoms with Crippen molar-refractivity contribution in [2.24, 2.45) is 5.92 Å². The number of anilines is 1. The molecule has 0 aliphatic heterocycles. The van der Waals surface area contributed by atoms with Crippen LogP contribution in [0.25, 0.3) is 0 Å². The Morgan fingerprint density at radius 1 is 1.14 bits per heavy atom. The number of carboxylic acids is 1. The molecule has 0 saturated carbocycles. The quantitative estimate of drug-likeness (QED) is 0.758. The van der Waals surface area contributed by atoms with Gasteiger partial charge in [0.2, 0.25) is 0 Å². The van der Waals surface area contributed by atoms with Crippen molar-refractivity contribution in [3.8, 4) is 0 Å². The number of aliphatic carboxylic acids is 1. The minimum atomic E-state index is -3.30. The summed E-state index contributed by atoms with van der Waals surface area (Å²) in [6.07, 6.45) is 1.09. The Balaban J connectivity index is 2.73. The van der Waals surface area contributed by atoms with Crippen molar-refractivity contribution in [3.63, 3.8) is 0 Å². The summed E-state index contributed by atoms with van der Waals surface area (Å²) >= 11 is 0. The van der Waals surface area contributed by atoms with E-state index in [2.05, 4.69) is 10.6 Å². The smallest absolute Gasteiger partial charge is 0.326 e. The maximum absolute atomic E-state index is 11.7. The molecule has 1 aromatic rings. The molecule has 0 spiro atoms. The molecule has 21 heavy (non-hydrogen) atoms. The van der Waals surface area contributed by atoms with Crippen LogP contribution in [-0.2, 0) is 14.6 Å². The normalized spacial score (nSPS) is 12.8. The van der Waals surface area contributed by atoms with Crippen LogP contribution in [-0.4, -0.2) is 37.8 Å². The standard InChI is InChI=1S/C13H18N2O5S/c1-8(2)11(12(16)17)15-13(18)14-9-4-6-10(7-5-9)21(3,19)20/h4-8,11H,1-3H3,(H,16,17)(H2,14,15,18). The van der Waals surface area contributed by atoms with E-state index < -0.39 is 27.9 Å². The largest absolute Gasteiger partial charge is 0.480 e. The lowest BCUT2D eigenvalue weighted by Crippen LogP contribution is -2.46. The third-order valence-electron chi connectivity index (χ3n) is 2.76. The number of carboxylic acid groups (broad SMARTS) is 1. The summed E-state index contributed by atoms with van der Waals surface area (Å²) in [4.78, 5) is 22.8. The average molecular weight is 314 g/mol. The Kier molecular flexibility index (Phi) is 5.31. The number of rotatable bonds is 5. The van der Waals surface area contributed by atoms with Gasteiger partial charge in [-0.15, -0.1) is 0 Å². The van der Waals surface area contributed by atoms with Crippen molar-refractivity contribution in [1.82, 2.24) is 5.32 Å². The highest BCUT2D eigenvalue weighted by atomic mass is 32.2. The Hall–Kier alpha value is -2.09. The number of carbonyl (C=O) groups is 2. The summed E-state index contributed by atoms with van der Waals surface area (Å²) in [5, 5.41) is 13.8. The number of hydrogen-bond donors (Lipinski definition) is 3. The van der Waals surface area contributed by atoms with Gasteiger partial charge in [0.1, 0.15) is 6.04 Å². The van der Waals surface area contributed by atoms with Gasteiger partial charge in [-0.25, -0.2) is 18.0 Å². The van der Waals surface area contributed by atoms with E-state index in [1.165, 1.54) is 24.3 Å². The summed E-state index contributed by atoms with van der Waals surface area (Å²) < 4.78 is 22.6. The van der Waals surface area contributed by atoms with E-state index in [0.717, 1.165) is 6.26 Å². The Labute approximate surface area is 123 Å². The van der Waals surface area contributed by atoms with Crippen molar-refractivity contribution in [1.29, 1.82) is 0 Å². The van der Waals surface area contributed by atoms with Gasteiger partial charge in [0, 0.05) is 11.9 Å². The molecule has 8 heteroatoms. The Bertz CT molecular complexity index is 622. The predicted octanol–water partition coefficient (Wildman–Crippen LogP) is 1.32. The van der Waals surface area contributed by atoms with Gasteiger partial charge in [-0.05, 0) is 30.2 Å². The van der Waals surface area contributed by atoms with Crippen LogP contribution < -0.4 is 10.6 Å². The van der Waals surface area contributed by atoms with Crippen LogP contribution in [0.1, 0.15) is 13.8 Å². The number of carbonyl (C=O) groups excluding carboxylic acids is 1. The third-order valence-corrected chi connectivity index (χ3v) is 3.89. The van der Waals surface area contributed by atoms with Crippen molar-refractivity contribution in [2.45, 2.75) is 24.8 Å². The molecule has 1 aromatic carbocycles. The van der Waals surface area contributed by atoms with Crippen LogP contribution >= 0.6 is 0 Å². The van der Waals surface area contributed by atoms with Crippen molar-refractivity contribution in [3.05, 3.63) is 24.3 Å². The van der Waals surface area contributed by atoms with E-state index in [-0.39, 0.29) is 10.8 Å². The maximum Gasteiger partial charge on any atom is 0.326 e. The molecule has 7 nitrogen and oxygen atoms in total. The minimum absolute atomic E-state index is 0.138. The first-order chi connectivity index (χ1) is 9.61. The number of nitrogens with one attached hydrogen (secondary N) is 2. The summed E-state index contributed by atoms with van der Waals surface area (Å²) in [6, 6.07) is 3.93. The highest BCUT2D eigenvalue weighted by Crippen LogP contribution is 2.14. The van der Waals surface area contributed by atoms with Gasteiger partial charge in [-0.1, -0.05) is 13.8 Å². The molecule has 3 N–H and O–H groups in total. The summed E-state index contributed by atoms with van der Waals surface area (Å²) in [5.74, 6) is -1.38. The minimum Gasteiger partial charge on any atom is -0.480 e. The van der Waals surface area contributed by atoms with E-state index >= 15 is 0 Å². The topological polar surface area (TPSA) is 113 Å². The van der Waals surface area contributed by atoms with Crippen LogP contribution in [0.2, 0.25) is 0 Å². The van der Waals surface area contributed by atoms with E-state index in [1.54, 1.807) is 13.8 Å². The van der Waals surface area contributed by atoms with E-state index in [1.807, 2.05) is 0 Å². The van der Waals surface area contributed by atoms with Gasteiger partial charge >= 0.3 is 12.0 Å². The molecule has 2 amide bonds. The van der Waals surface area contributed by atoms with Gasteiger partial charge in [0.05, 0.1) is 4.90 Å². The highest BCUT2D eigenvalue weighted by molar-refractivity contribution is 7.90. The van der Waals surface area contributed by atoms with Gasteiger partial charge < -0.3 is 15.7 Å². The molecule has 0 heterocycles. The molecule has 1 unspecified atom stereocenters. The molecule has 0 saturated heterocycles. The molecule has 0 aliphatic carbocycles. The second-order valence-electron chi connectivity index (χ2n) is 4.95. The molecular formula is C13H18N2O5S. The molecule has 1 atom stereocenters. The summed E-state index contributed by atoms with van der Waals surface area (Å²) in [5.41, 5.74) is 0.368. The first kappa shape index (κ1) is 17.0. The zero-order chi connectivity index (χ0) is 16.2. The lowest BCUT2D eigenvalue weighted by atomic mass is 10.1. The number of amides is 2. The number of hydrogen-bond acceptors (Lipinski definition) is 4. The van der Waals surface area contributed by atoms with Crippen LogP contribution in [0.15, 0.2) is 29.2 Å². The van der Waals surface area contributed by atoms with Gasteiger partial charge in [0.15, 0.2) is 9.84 Å². The number of urea groups is 1. The lowest BCUT2D eigenvalue weighted by Gasteiger charge is -2.18. The van der Waals surface area contributed by atoms with Gasteiger partial charge in [-0.2, -0.15) is 0 Å². The molecule has 0 aliphatic rings. The molecule has 0 aromatic heterocycles. The fourth-order valence-electron chi connectivity index (χ4n) is 1.61. The highest BCUT2D eigenvalue weighted by Gasteiger charge is 2.23. The Morgan fingerprint density at radius 2 is 1.67 bits per heavy atom. The van der Waals surface area contributed by atoms with Gasteiger partial charge in [-0.3, -0.25) is 0 Å². The van der Waals surface area contributed by atoms with Gasteiger partial charge in [0.25, 0.3) is 0 Å². The lowest BCUT2D eigenvalue weighted by molar-refractivity contribution is -0.140. The maximum atomic E-state index is 11.7. The van der Waals surface area contributed by atoms with Crippen molar-refractivity contribution in [2.75, 3.05) is 11.6 Å². The second kappa shape index (κ2) is 6.57. The average Bonchev–Trinajstić information content (AvgIpc) is 2.34. The van der Waals surface area contributed by atoms with Crippen molar-refractivity contribution < 1.29 is 23.1 Å². The molecule has 0 fully saturated rings. The molecule has 116 valence electrons. The SMILES string of the molecule is CC(C)C(NC(=O)Nc1ccc(S(C)(=O)=O)cc1)C(=O)O. The van der Waals surface area contributed by atoms with Crippen molar-refractivity contribution >= 4 is 27.5 Å². The van der Waals surface area contributed by atoms with E-state index in [9.17, 15) is 18.0 Å². The zero-order valence-electron chi connectivity index (χ0n) is 12.0.